The number of pyridine rings is 1. The Kier molecular flexibility index (Phi) is 7.78. The van der Waals surface area contributed by atoms with Crippen molar-refractivity contribution in [2.75, 3.05) is 0 Å². The van der Waals surface area contributed by atoms with Gasteiger partial charge in [-0.25, -0.2) is 15.0 Å². The van der Waals surface area contributed by atoms with E-state index >= 15 is 0 Å². The van der Waals surface area contributed by atoms with E-state index in [1.165, 1.54) is 27.3 Å². The van der Waals surface area contributed by atoms with E-state index in [1.54, 1.807) is 0 Å². The van der Waals surface area contributed by atoms with Gasteiger partial charge < -0.3 is 4.57 Å². The van der Waals surface area contributed by atoms with E-state index in [4.69, 9.17) is 15.0 Å². The smallest absolute Gasteiger partial charge is 0.160 e. The molecule has 4 heteroatoms. The first-order valence-corrected chi connectivity index (χ1v) is 19.3. The molecule has 0 atom stereocenters. The lowest BCUT2D eigenvalue weighted by Crippen LogP contribution is -1.97. The first kappa shape index (κ1) is 32.7. The summed E-state index contributed by atoms with van der Waals surface area (Å²) in [7, 11) is 0. The first-order valence-electron chi connectivity index (χ1n) is 19.3. The summed E-state index contributed by atoms with van der Waals surface area (Å²) in [5.41, 5.74) is 13.5. The lowest BCUT2D eigenvalue weighted by molar-refractivity contribution is 1.18. The molecular formula is C53H34N4. The fraction of sp³-hybridized carbons (Fsp3) is 0. The minimum atomic E-state index is 0.693. The zero-order chi connectivity index (χ0) is 37.7. The van der Waals surface area contributed by atoms with Crippen LogP contribution in [0.1, 0.15) is 0 Å². The van der Waals surface area contributed by atoms with Crippen molar-refractivity contribution in [2.45, 2.75) is 0 Å². The number of para-hydroxylation sites is 2. The second-order valence-corrected chi connectivity index (χ2v) is 14.4. The minimum absolute atomic E-state index is 0.693. The van der Waals surface area contributed by atoms with E-state index in [2.05, 4.69) is 187 Å². The number of nitrogens with zero attached hydrogens (tertiary/aromatic N) is 4. The predicted molar refractivity (Wildman–Crippen MR) is 236 cm³/mol. The summed E-state index contributed by atoms with van der Waals surface area (Å²) < 4.78 is 2.42. The zero-order valence-electron chi connectivity index (χ0n) is 30.9. The van der Waals surface area contributed by atoms with E-state index in [0.29, 0.717) is 5.82 Å². The third-order valence-corrected chi connectivity index (χ3v) is 11.0. The minimum Gasteiger partial charge on any atom is -0.308 e. The summed E-state index contributed by atoms with van der Waals surface area (Å²) in [5, 5.41) is 5.87. The van der Waals surface area contributed by atoms with Gasteiger partial charge in [-0.15, -0.1) is 0 Å². The van der Waals surface area contributed by atoms with Crippen molar-refractivity contribution in [3.63, 3.8) is 0 Å². The SMILES string of the molecule is c1ccc(-c2ccc(-c3cc(-c4ccc(-c5nc6ccccc6c6c5c5ccccc5n6-c5ccc6ccccc6c5)cc4)nc(-c4ccccc4)n3)cc2)cc1. The van der Waals surface area contributed by atoms with Crippen LogP contribution in [0.25, 0.3) is 105 Å². The maximum Gasteiger partial charge on any atom is 0.160 e. The Morgan fingerprint density at radius 1 is 0.351 bits per heavy atom. The third kappa shape index (κ3) is 5.74. The average Bonchev–Trinajstić information content (AvgIpc) is 3.65. The Bertz CT molecular complexity index is 3260. The molecule has 0 spiro atoms. The summed E-state index contributed by atoms with van der Waals surface area (Å²) in [4.78, 5) is 15.6. The fourth-order valence-corrected chi connectivity index (χ4v) is 8.20. The molecule has 0 amide bonds. The molecule has 11 aromatic rings. The van der Waals surface area contributed by atoms with Gasteiger partial charge in [-0.3, -0.25) is 0 Å². The van der Waals surface area contributed by atoms with Gasteiger partial charge in [0.05, 0.1) is 33.6 Å². The van der Waals surface area contributed by atoms with E-state index in [1.807, 2.05) is 24.3 Å². The van der Waals surface area contributed by atoms with Crippen molar-refractivity contribution in [3.05, 3.63) is 206 Å². The Balaban J connectivity index is 1.06. The maximum atomic E-state index is 5.38. The van der Waals surface area contributed by atoms with Crippen molar-refractivity contribution in [3.8, 4) is 62.0 Å². The summed E-state index contributed by atoms with van der Waals surface area (Å²) in [6.07, 6.45) is 0. The lowest BCUT2D eigenvalue weighted by atomic mass is 9.99. The molecule has 0 fully saturated rings. The average molecular weight is 727 g/mol. The van der Waals surface area contributed by atoms with Gasteiger partial charge in [0.15, 0.2) is 5.82 Å². The normalized spacial score (nSPS) is 11.5. The molecule has 4 nitrogen and oxygen atoms in total. The van der Waals surface area contributed by atoms with Crippen LogP contribution in [0.3, 0.4) is 0 Å². The molecule has 0 saturated carbocycles. The largest absolute Gasteiger partial charge is 0.308 e. The molecule has 0 aliphatic heterocycles. The third-order valence-electron chi connectivity index (χ3n) is 11.0. The van der Waals surface area contributed by atoms with Crippen LogP contribution in [0.15, 0.2) is 206 Å². The molecule has 57 heavy (non-hydrogen) atoms. The molecule has 0 aliphatic rings. The van der Waals surface area contributed by atoms with Gasteiger partial charge in [-0.1, -0.05) is 176 Å². The maximum absolute atomic E-state index is 5.38. The summed E-state index contributed by atoms with van der Waals surface area (Å²) in [6.45, 7) is 0. The molecule has 3 aromatic heterocycles. The van der Waals surface area contributed by atoms with Crippen LogP contribution >= 0.6 is 0 Å². The highest BCUT2D eigenvalue weighted by Gasteiger charge is 2.21. The van der Waals surface area contributed by atoms with E-state index in [9.17, 15) is 0 Å². The lowest BCUT2D eigenvalue weighted by Gasteiger charge is -2.13. The first-order chi connectivity index (χ1) is 28.2. The van der Waals surface area contributed by atoms with E-state index in [0.717, 1.165) is 72.3 Å². The molecule has 0 bridgehead atoms. The van der Waals surface area contributed by atoms with Gasteiger partial charge in [0, 0.05) is 44.1 Å². The molecule has 11 rings (SSSR count). The molecule has 0 unspecified atom stereocenters. The summed E-state index contributed by atoms with van der Waals surface area (Å²) in [6, 6.07) is 72.6. The molecule has 3 heterocycles. The highest BCUT2D eigenvalue weighted by atomic mass is 15.0. The van der Waals surface area contributed by atoms with Gasteiger partial charge in [0.2, 0.25) is 0 Å². The number of hydrogen-bond acceptors (Lipinski definition) is 3. The van der Waals surface area contributed by atoms with Crippen molar-refractivity contribution in [1.82, 2.24) is 19.5 Å². The molecular weight excluding hydrogens is 693 g/mol. The van der Waals surface area contributed by atoms with Crippen LogP contribution in [0.4, 0.5) is 0 Å². The van der Waals surface area contributed by atoms with Crippen LogP contribution in [0.5, 0.6) is 0 Å². The van der Waals surface area contributed by atoms with Gasteiger partial charge in [-0.05, 0) is 52.2 Å². The fourth-order valence-electron chi connectivity index (χ4n) is 8.20. The van der Waals surface area contributed by atoms with E-state index < -0.39 is 0 Å². The van der Waals surface area contributed by atoms with Gasteiger partial charge in [0.1, 0.15) is 0 Å². The number of aromatic nitrogens is 4. The van der Waals surface area contributed by atoms with Crippen LogP contribution < -0.4 is 0 Å². The molecule has 8 aromatic carbocycles. The van der Waals surface area contributed by atoms with Crippen LogP contribution in [-0.4, -0.2) is 19.5 Å². The highest BCUT2D eigenvalue weighted by molar-refractivity contribution is 6.22. The van der Waals surface area contributed by atoms with Crippen LogP contribution in [0.2, 0.25) is 0 Å². The van der Waals surface area contributed by atoms with Crippen molar-refractivity contribution < 1.29 is 0 Å². The van der Waals surface area contributed by atoms with Crippen molar-refractivity contribution in [2.24, 2.45) is 0 Å². The number of benzene rings is 8. The van der Waals surface area contributed by atoms with Gasteiger partial charge >= 0.3 is 0 Å². The van der Waals surface area contributed by atoms with Crippen molar-refractivity contribution >= 4 is 43.5 Å². The topological polar surface area (TPSA) is 43.6 Å². The number of rotatable bonds is 6. The van der Waals surface area contributed by atoms with E-state index in [-0.39, 0.29) is 0 Å². The van der Waals surface area contributed by atoms with Crippen LogP contribution in [0, 0.1) is 0 Å². The molecule has 266 valence electrons. The zero-order valence-corrected chi connectivity index (χ0v) is 30.9. The Labute approximate surface area is 330 Å². The van der Waals surface area contributed by atoms with Crippen LogP contribution in [-0.2, 0) is 0 Å². The Morgan fingerprint density at radius 3 is 1.61 bits per heavy atom. The molecule has 0 N–H and O–H groups in total. The number of hydrogen-bond donors (Lipinski definition) is 0. The summed E-state index contributed by atoms with van der Waals surface area (Å²) >= 11 is 0. The quantitative estimate of drug-likeness (QED) is 0.171. The summed E-state index contributed by atoms with van der Waals surface area (Å²) in [5.74, 6) is 0.693. The standard InChI is InChI=1S/C53H34N4/c1-3-13-35(14-4-1)37-23-25-38(26-24-37)47-34-48(56-53(55-47)41-16-5-2-6-17-41)39-27-29-40(30-28-39)51-50-45-20-10-12-22-49(45)57(52(50)44-19-9-11-21-46(44)54-51)43-32-31-36-15-7-8-18-42(36)33-43/h1-34H. The highest BCUT2D eigenvalue weighted by Crippen LogP contribution is 2.42. The molecule has 0 saturated heterocycles. The number of fused-ring (bicyclic) bond motifs is 6. The second-order valence-electron chi connectivity index (χ2n) is 14.4. The van der Waals surface area contributed by atoms with Gasteiger partial charge in [0.25, 0.3) is 0 Å². The Hall–Kier alpha value is -7.69. The predicted octanol–water partition coefficient (Wildman–Crippen LogP) is 13.6. The molecule has 0 aliphatic carbocycles. The monoisotopic (exact) mass is 726 g/mol. The Morgan fingerprint density at radius 2 is 0.895 bits per heavy atom. The van der Waals surface area contributed by atoms with Gasteiger partial charge in [-0.2, -0.15) is 0 Å². The molecule has 0 radical (unpaired) electrons. The second kappa shape index (κ2) is 13.6. The van der Waals surface area contributed by atoms with Crippen molar-refractivity contribution in [1.29, 1.82) is 0 Å².